The molecule has 1 unspecified atom stereocenters. The van der Waals surface area contributed by atoms with Crippen LogP contribution >= 0.6 is 0 Å². The molecule has 0 aliphatic heterocycles. The summed E-state index contributed by atoms with van der Waals surface area (Å²) in [5.41, 5.74) is 0.232. The Labute approximate surface area is 74.8 Å². The van der Waals surface area contributed by atoms with Crippen molar-refractivity contribution in [3.8, 4) is 0 Å². The van der Waals surface area contributed by atoms with Crippen LogP contribution in [0.15, 0.2) is 12.2 Å². The molecule has 0 aromatic rings. The standard InChI is InChI=1S/C10H19NO/c1-8(9(2)7-11)5-6-10(3,4)12/h7-8,11-12H,2,5-6H2,1,3-4H3. The third-order valence-corrected chi connectivity index (χ3v) is 2.01. The second kappa shape index (κ2) is 4.41. The lowest BCUT2D eigenvalue weighted by Crippen LogP contribution is -2.19. The van der Waals surface area contributed by atoms with Crippen molar-refractivity contribution in [3.63, 3.8) is 0 Å². The number of nitrogens with one attached hydrogen (secondary N) is 1. The summed E-state index contributed by atoms with van der Waals surface area (Å²) in [6.07, 6.45) is 2.92. The van der Waals surface area contributed by atoms with Crippen LogP contribution in [0, 0.1) is 11.3 Å². The molecule has 0 fully saturated rings. The molecule has 0 amide bonds. The SMILES string of the molecule is C=C(C=N)C(C)CCC(C)(C)O. The van der Waals surface area contributed by atoms with E-state index in [0.717, 1.165) is 18.4 Å². The minimum atomic E-state index is -0.601. The summed E-state index contributed by atoms with van der Waals surface area (Å²) in [5.74, 6) is 0.300. The fourth-order valence-electron chi connectivity index (χ4n) is 0.897. The van der Waals surface area contributed by atoms with E-state index in [0.29, 0.717) is 5.92 Å². The van der Waals surface area contributed by atoms with Crippen LogP contribution in [-0.2, 0) is 0 Å². The van der Waals surface area contributed by atoms with Gasteiger partial charge in [-0.15, -0.1) is 0 Å². The van der Waals surface area contributed by atoms with Crippen molar-refractivity contribution >= 4 is 6.21 Å². The Hall–Kier alpha value is -0.630. The van der Waals surface area contributed by atoms with Crippen LogP contribution in [0.3, 0.4) is 0 Å². The fraction of sp³-hybridized carbons (Fsp3) is 0.700. The topological polar surface area (TPSA) is 44.1 Å². The Kier molecular flexibility index (Phi) is 4.18. The van der Waals surface area contributed by atoms with E-state index in [9.17, 15) is 5.11 Å². The first kappa shape index (κ1) is 11.4. The van der Waals surface area contributed by atoms with Gasteiger partial charge in [0.1, 0.15) is 0 Å². The average Bonchev–Trinajstić information content (AvgIpc) is 1.97. The van der Waals surface area contributed by atoms with Gasteiger partial charge in [-0.1, -0.05) is 13.5 Å². The summed E-state index contributed by atoms with van der Waals surface area (Å²) < 4.78 is 0. The normalized spacial score (nSPS) is 14.0. The fourth-order valence-corrected chi connectivity index (χ4v) is 0.897. The van der Waals surface area contributed by atoms with Gasteiger partial charge in [-0.05, 0) is 38.2 Å². The second-order valence-corrected chi connectivity index (χ2v) is 3.97. The van der Waals surface area contributed by atoms with E-state index in [1.807, 2.05) is 6.92 Å². The van der Waals surface area contributed by atoms with E-state index in [4.69, 9.17) is 5.41 Å². The van der Waals surface area contributed by atoms with E-state index < -0.39 is 5.60 Å². The highest BCUT2D eigenvalue weighted by Crippen LogP contribution is 2.19. The highest BCUT2D eigenvalue weighted by molar-refractivity contribution is 5.75. The third-order valence-electron chi connectivity index (χ3n) is 2.01. The number of allylic oxidation sites excluding steroid dienone is 1. The maximum Gasteiger partial charge on any atom is 0.0592 e. The summed E-state index contributed by atoms with van der Waals surface area (Å²) in [7, 11) is 0. The third kappa shape index (κ3) is 5.08. The predicted molar refractivity (Wildman–Crippen MR) is 52.6 cm³/mol. The molecule has 2 nitrogen and oxygen atoms in total. The molecule has 0 bridgehead atoms. The molecule has 0 rings (SSSR count). The first-order valence-corrected chi connectivity index (χ1v) is 4.28. The molecular formula is C10H19NO. The van der Waals surface area contributed by atoms with Crippen LogP contribution in [0.25, 0.3) is 0 Å². The van der Waals surface area contributed by atoms with E-state index in [2.05, 4.69) is 6.58 Å². The van der Waals surface area contributed by atoms with Crippen LogP contribution in [0.2, 0.25) is 0 Å². The maximum absolute atomic E-state index is 9.43. The molecular weight excluding hydrogens is 150 g/mol. The number of aliphatic hydroxyl groups is 1. The molecule has 12 heavy (non-hydrogen) atoms. The minimum absolute atomic E-state index is 0.300. The molecule has 0 aliphatic rings. The van der Waals surface area contributed by atoms with Gasteiger partial charge in [0.2, 0.25) is 0 Å². The van der Waals surface area contributed by atoms with Crippen molar-refractivity contribution in [2.45, 2.75) is 39.2 Å². The Morgan fingerprint density at radius 1 is 1.67 bits per heavy atom. The van der Waals surface area contributed by atoms with Crippen LogP contribution < -0.4 is 0 Å². The van der Waals surface area contributed by atoms with E-state index in [1.165, 1.54) is 6.21 Å². The zero-order valence-electron chi connectivity index (χ0n) is 8.22. The lowest BCUT2D eigenvalue weighted by atomic mass is 9.92. The lowest BCUT2D eigenvalue weighted by molar-refractivity contribution is 0.0659. The number of hydrogen-bond donors (Lipinski definition) is 2. The Morgan fingerprint density at radius 2 is 2.17 bits per heavy atom. The average molecular weight is 169 g/mol. The van der Waals surface area contributed by atoms with Gasteiger partial charge in [-0.3, -0.25) is 0 Å². The number of rotatable bonds is 5. The van der Waals surface area contributed by atoms with Gasteiger partial charge in [0.25, 0.3) is 0 Å². The Bertz CT molecular complexity index is 167. The zero-order chi connectivity index (χ0) is 9.78. The summed E-state index contributed by atoms with van der Waals surface area (Å²) in [4.78, 5) is 0. The van der Waals surface area contributed by atoms with Crippen LogP contribution in [0.1, 0.15) is 33.6 Å². The van der Waals surface area contributed by atoms with E-state index in [1.54, 1.807) is 13.8 Å². The first-order valence-electron chi connectivity index (χ1n) is 4.28. The van der Waals surface area contributed by atoms with Crippen molar-refractivity contribution in [2.24, 2.45) is 5.92 Å². The van der Waals surface area contributed by atoms with Gasteiger partial charge in [0, 0.05) is 6.21 Å². The number of hydrogen-bond acceptors (Lipinski definition) is 2. The van der Waals surface area contributed by atoms with Crippen LogP contribution in [-0.4, -0.2) is 16.9 Å². The minimum Gasteiger partial charge on any atom is -0.390 e. The smallest absolute Gasteiger partial charge is 0.0592 e. The quantitative estimate of drug-likeness (QED) is 0.610. The summed E-state index contributed by atoms with van der Waals surface area (Å²) in [6.45, 7) is 9.37. The van der Waals surface area contributed by atoms with Gasteiger partial charge < -0.3 is 10.5 Å². The van der Waals surface area contributed by atoms with Crippen molar-refractivity contribution in [1.29, 1.82) is 5.41 Å². The highest BCUT2D eigenvalue weighted by atomic mass is 16.3. The second-order valence-electron chi connectivity index (χ2n) is 3.97. The highest BCUT2D eigenvalue weighted by Gasteiger charge is 2.14. The molecule has 0 spiro atoms. The molecule has 0 radical (unpaired) electrons. The van der Waals surface area contributed by atoms with Gasteiger partial charge in [0.05, 0.1) is 5.60 Å². The van der Waals surface area contributed by atoms with Gasteiger partial charge in [-0.2, -0.15) is 0 Å². The molecule has 2 heteroatoms. The van der Waals surface area contributed by atoms with Gasteiger partial charge in [0.15, 0.2) is 0 Å². The van der Waals surface area contributed by atoms with Crippen molar-refractivity contribution < 1.29 is 5.11 Å². The van der Waals surface area contributed by atoms with Crippen LogP contribution in [0.5, 0.6) is 0 Å². The molecule has 70 valence electrons. The maximum atomic E-state index is 9.43. The molecule has 0 aromatic heterocycles. The molecule has 1 atom stereocenters. The first-order chi connectivity index (χ1) is 5.37. The summed E-state index contributed by atoms with van der Waals surface area (Å²) >= 11 is 0. The molecule has 0 aromatic carbocycles. The van der Waals surface area contributed by atoms with E-state index >= 15 is 0 Å². The van der Waals surface area contributed by atoms with E-state index in [-0.39, 0.29) is 0 Å². The summed E-state index contributed by atoms with van der Waals surface area (Å²) in [5, 5.41) is 16.4. The molecule has 0 aliphatic carbocycles. The molecule has 0 heterocycles. The Balaban J connectivity index is 3.79. The molecule has 0 saturated carbocycles. The van der Waals surface area contributed by atoms with Crippen molar-refractivity contribution in [2.75, 3.05) is 0 Å². The zero-order valence-corrected chi connectivity index (χ0v) is 8.22. The largest absolute Gasteiger partial charge is 0.390 e. The van der Waals surface area contributed by atoms with Crippen molar-refractivity contribution in [1.82, 2.24) is 0 Å². The molecule has 2 N–H and O–H groups in total. The predicted octanol–water partition coefficient (Wildman–Crippen LogP) is 2.38. The lowest BCUT2D eigenvalue weighted by Gasteiger charge is -2.19. The van der Waals surface area contributed by atoms with Gasteiger partial charge in [-0.25, -0.2) is 0 Å². The van der Waals surface area contributed by atoms with Gasteiger partial charge >= 0.3 is 0 Å². The van der Waals surface area contributed by atoms with Crippen LogP contribution in [0.4, 0.5) is 0 Å². The summed E-state index contributed by atoms with van der Waals surface area (Å²) in [6, 6.07) is 0. The van der Waals surface area contributed by atoms with Crippen molar-refractivity contribution in [3.05, 3.63) is 12.2 Å². The monoisotopic (exact) mass is 169 g/mol. The molecule has 0 saturated heterocycles. The Morgan fingerprint density at radius 3 is 2.50 bits per heavy atom.